The lowest BCUT2D eigenvalue weighted by atomic mass is 10.1. The molecule has 7 heteroatoms. The van der Waals surface area contributed by atoms with Crippen LogP contribution in [0.15, 0.2) is 35.5 Å². The molecule has 0 amide bonds. The van der Waals surface area contributed by atoms with Crippen molar-refractivity contribution in [2.24, 2.45) is 0 Å². The Morgan fingerprint density at radius 1 is 1.40 bits per heavy atom. The number of fused-ring (bicyclic) bond motifs is 1. The molecule has 20 heavy (non-hydrogen) atoms. The summed E-state index contributed by atoms with van der Waals surface area (Å²) >= 11 is 1.69. The minimum atomic E-state index is 0.0972. The van der Waals surface area contributed by atoms with E-state index in [-0.39, 0.29) is 6.10 Å². The molecule has 0 spiro atoms. The molecule has 1 atom stereocenters. The lowest BCUT2D eigenvalue weighted by Crippen LogP contribution is -2.39. The average Bonchev–Trinajstić information content (AvgIpc) is 3.18. The van der Waals surface area contributed by atoms with Crippen molar-refractivity contribution >= 4 is 22.8 Å². The van der Waals surface area contributed by atoms with E-state index >= 15 is 0 Å². The Labute approximate surface area is 119 Å². The maximum atomic E-state index is 5.86. The van der Waals surface area contributed by atoms with E-state index in [9.17, 15) is 0 Å². The predicted molar refractivity (Wildman–Crippen MR) is 76.0 cm³/mol. The van der Waals surface area contributed by atoms with E-state index in [1.807, 2.05) is 10.6 Å². The van der Waals surface area contributed by atoms with Crippen LogP contribution in [0.4, 0.5) is 5.82 Å². The highest BCUT2D eigenvalue weighted by atomic mass is 32.1. The molecule has 0 saturated carbocycles. The molecule has 0 bridgehead atoms. The predicted octanol–water partition coefficient (Wildman–Crippen LogP) is 1.76. The third-order valence-electron chi connectivity index (χ3n) is 3.48. The van der Waals surface area contributed by atoms with Gasteiger partial charge in [-0.2, -0.15) is 11.3 Å². The molecule has 0 radical (unpaired) electrons. The fourth-order valence-corrected chi connectivity index (χ4v) is 3.17. The second-order valence-electron chi connectivity index (χ2n) is 4.67. The summed E-state index contributed by atoms with van der Waals surface area (Å²) in [4.78, 5) is 6.69. The molecule has 1 aliphatic rings. The summed E-state index contributed by atoms with van der Waals surface area (Å²) in [6, 6.07) is 2.11. The Morgan fingerprint density at radius 2 is 2.40 bits per heavy atom. The van der Waals surface area contributed by atoms with Crippen LogP contribution in [0.5, 0.6) is 0 Å². The smallest absolute Gasteiger partial charge is 0.203 e. The molecule has 1 fully saturated rings. The second kappa shape index (κ2) is 4.84. The van der Waals surface area contributed by atoms with Gasteiger partial charge in [0.2, 0.25) is 5.65 Å². The molecule has 0 N–H and O–H groups in total. The van der Waals surface area contributed by atoms with Crippen LogP contribution in [-0.4, -0.2) is 39.3 Å². The molecule has 0 aromatic carbocycles. The zero-order chi connectivity index (χ0) is 13.4. The molecular formula is C13H13N5OS. The summed E-state index contributed by atoms with van der Waals surface area (Å²) in [6.07, 6.45) is 5.42. The SMILES string of the molecule is c1cn2cnnc2c(N2CCO[C@H](c3ccsc3)C2)n1. The molecule has 4 rings (SSSR count). The minimum Gasteiger partial charge on any atom is -0.370 e. The van der Waals surface area contributed by atoms with Crippen molar-refractivity contribution in [3.05, 3.63) is 41.1 Å². The molecule has 6 nitrogen and oxygen atoms in total. The van der Waals surface area contributed by atoms with Crippen molar-refractivity contribution in [2.45, 2.75) is 6.10 Å². The number of ether oxygens (including phenoxy) is 1. The number of thiophene rings is 1. The third-order valence-corrected chi connectivity index (χ3v) is 4.18. The highest BCUT2D eigenvalue weighted by Crippen LogP contribution is 2.27. The molecular weight excluding hydrogens is 274 g/mol. The van der Waals surface area contributed by atoms with Gasteiger partial charge in [-0.3, -0.25) is 4.40 Å². The van der Waals surface area contributed by atoms with Crippen LogP contribution >= 0.6 is 11.3 Å². The first-order valence-electron chi connectivity index (χ1n) is 6.45. The molecule has 0 unspecified atom stereocenters. The van der Waals surface area contributed by atoms with E-state index < -0.39 is 0 Å². The van der Waals surface area contributed by atoms with Gasteiger partial charge in [0.15, 0.2) is 5.82 Å². The highest BCUT2D eigenvalue weighted by Gasteiger charge is 2.25. The number of nitrogens with zero attached hydrogens (tertiary/aromatic N) is 5. The van der Waals surface area contributed by atoms with Crippen LogP contribution in [0.1, 0.15) is 11.7 Å². The Hall–Kier alpha value is -1.99. The van der Waals surface area contributed by atoms with Crippen LogP contribution in [0.25, 0.3) is 5.65 Å². The maximum Gasteiger partial charge on any atom is 0.203 e. The largest absolute Gasteiger partial charge is 0.370 e. The van der Waals surface area contributed by atoms with E-state index in [0.29, 0.717) is 6.61 Å². The fourth-order valence-electron chi connectivity index (χ4n) is 2.47. The van der Waals surface area contributed by atoms with Crippen LogP contribution in [0, 0.1) is 0 Å². The summed E-state index contributed by atoms with van der Waals surface area (Å²) in [7, 11) is 0. The number of aromatic nitrogens is 4. The first kappa shape index (κ1) is 11.8. The van der Waals surface area contributed by atoms with Gasteiger partial charge >= 0.3 is 0 Å². The molecule has 3 aromatic rings. The highest BCUT2D eigenvalue weighted by molar-refractivity contribution is 7.07. The van der Waals surface area contributed by atoms with Crippen molar-refractivity contribution in [1.82, 2.24) is 19.6 Å². The van der Waals surface area contributed by atoms with Gasteiger partial charge in [0, 0.05) is 18.9 Å². The topological polar surface area (TPSA) is 55.5 Å². The first-order chi connectivity index (χ1) is 9.92. The Balaban J connectivity index is 1.66. The molecule has 1 saturated heterocycles. The summed E-state index contributed by atoms with van der Waals surface area (Å²) < 4.78 is 7.75. The lowest BCUT2D eigenvalue weighted by molar-refractivity contribution is 0.0398. The van der Waals surface area contributed by atoms with Crippen molar-refractivity contribution in [1.29, 1.82) is 0 Å². The van der Waals surface area contributed by atoms with Crippen molar-refractivity contribution in [3.63, 3.8) is 0 Å². The van der Waals surface area contributed by atoms with E-state index in [4.69, 9.17) is 4.74 Å². The number of anilines is 1. The summed E-state index contributed by atoms with van der Waals surface area (Å²) in [6.45, 7) is 2.30. The lowest BCUT2D eigenvalue weighted by Gasteiger charge is -2.33. The third kappa shape index (κ3) is 1.95. The van der Waals surface area contributed by atoms with Crippen LogP contribution < -0.4 is 4.90 Å². The van der Waals surface area contributed by atoms with Gasteiger partial charge in [-0.05, 0) is 22.4 Å². The van der Waals surface area contributed by atoms with Crippen molar-refractivity contribution in [2.75, 3.05) is 24.6 Å². The summed E-state index contributed by atoms with van der Waals surface area (Å²) in [5.74, 6) is 0.869. The van der Waals surface area contributed by atoms with Gasteiger partial charge in [0.25, 0.3) is 0 Å². The molecule has 3 aromatic heterocycles. The number of morpholine rings is 1. The quantitative estimate of drug-likeness (QED) is 0.719. The number of rotatable bonds is 2. The van der Waals surface area contributed by atoms with Gasteiger partial charge in [-0.25, -0.2) is 4.98 Å². The van der Waals surface area contributed by atoms with Gasteiger partial charge in [0.1, 0.15) is 12.4 Å². The van der Waals surface area contributed by atoms with Gasteiger partial charge in [-0.15, -0.1) is 10.2 Å². The molecule has 102 valence electrons. The van der Waals surface area contributed by atoms with Crippen LogP contribution in [-0.2, 0) is 4.74 Å². The van der Waals surface area contributed by atoms with Gasteiger partial charge < -0.3 is 9.64 Å². The van der Waals surface area contributed by atoms with Gasteiger partial charge in [-0.1, -0.05) is 0 Å². The standard InChI is InChI=1S/C13H13N5OS/c1-6-20-8-10(1)11-7-17(4-5-19-11)12-13-16-15-9-18(13)3-2-14-12/h1-3,6,8-9,11H,4-5,7H2/t11-/m0/s1. The van der Waals surface area contributed by atoms with E-state index in [1.54, 1.807) is 23.9 Å². The second-order valence-corrected chi connectivity index (χ2v) is 5.45. The van der Waals surface area contributed by atoms with Crippen molar-refractivity contribution < 1.29 is 4.74 Å². The molecule has 4 heterocycles. The Kier molecular flexibility index (Phi) is 2.86. The maximum absolute atomic E-state index is 5.86. The van der Waals surface area contributed by atoms with Crippen molar-refractivity contribution in [3.8, 4) is 0 Å². The fraction of sp³-hybridized carbons (Fsp3) is 0.308. The van der Waals surface area contributed by atoms with E-state index in [1.165, 1.54) is 5.56 Å². The molecule has 0 aliphatic carbocycles. The van der Waals surface area contributed by atoms with Gasteiger partial charge in [0.05, 0.1) is 13.2 Å². The monoisotopic (exact) mass is 287 g/mol. The number of hydrogen-bond acceptors (Lipinski definition) is 6. The minimum absolute atomic E-state index is 0.0972. The zero-order valence-electron chi connectivity index (χ0n) is 10.7. The number of hydrogen-bond donors (Lipinski definition) is 0. The van der Waals surface area contributed by atoms with Crippen LogP contribution in [0.3, 0.4) is 0 Å². The van der Waals surface area contributed by atoms with Crippen LogP contribution in [0.2, 0.25) is 0 Å². The van der Waals surface area contributed by atoms with E-state index in [0.717, 1.165) is 24.6 Å². The van der Waals surface area contributed by atoms with E-state index in [2.05, 4.69) is 36.9 Å². The summed E-state index contributed by atoms with van der Waals surface area (Å²) in [5.41, 5.74) is 2.02. The Bertz CT molecular complexity index is 710. The normalized spacial score (nSPS) is 19.6. The zero-order valence-corrected chi connectivity index (χ0v) is 11.5. The summed E-state index contributed by atoms with van der Waals surface area (Å²) in [5, 5.41) is 12.3. The first-order valence-corrected chi connectivity index (χ1v) is 7.39. The average molecular weight is 287 g/mol. The Morgan fingerprint density at radius 3 is 3.30 bits per heavy atom. The molecule has 1 aliphatic heterocycles.